The lowest BCUT2D eigenvalue weighted by Crippen LogP contribution is -2.23. The van der Waals surface area contributed by atoms with Crippen LogP contribution in [0.3, 0.4) is 0 Å². The number of fused-ring (bicyclic) bond motifs is 1. The van der Waals surface area contributed by atoms with Crippen molar-refractivity contribution in [2.24, 2.45) is 0 Å². The summed E-state index contributed by atoms with van der Waals surface area (Å²) in [5.41, 5.74) is 2.12. The summed E-state index contributed by atoms with van der Waals surface area (Å²) in [5.74, 6) is -0.272. The molecule has 1 fully saturated rings. The highest BCUT2D eigenvalue weighted by Gasteiger charge is 2.29. The molecule has 1 aliphatic rings. The largest absolute Gasteiger partial charge is 0.465 e. The van der Waals surface area contributed by atoms with Gasteiger partial charge in [0.25, 0.3) is 5.56 Å². The van der Waals surface area contributed by atoms with E-state index >= 15 is 0 Å². The molecule has 5 nitrogen and oxygen atoms in total. The molecular formula is C19H15ClN2O3S. The van der Waals surface area contributed by atoms with E-state index in [4.69, 9.17) is 16.3 Å². The van der Waals surface area contributed by atoms with Crippen molar-refractivity contribution in [1.82, 2.24) is 9.55 Å². The predicted molar refractivity (Wildman–Crippen MR) is 102 cm³/mol. The van der Waals surface area contributed by atoms with Crippen molar-refractivity contribution in [3.05, 3.63) is 63.4 Å². The second kappa shape index (κ2) is 6.78. The summed E-state index contributed by atoms with van der Waals surface area (Å²) in [7, 11) is 0. The van der Waals surface area contributed by atoms with Gasteiger partial charge in [-0.2, -0.15) is 0 Å². The minimum Gasteiger partial charge on any atom is -0.465 e. The number of thioether (sulfide) groups is 1. The van der Waals surface area contributed by atoms with Crippen LogP contribution in [0.4, 0.5) is 0 Å². The second-order valence-corrected chi connectivity index (χ2v) is 7.70. The molecule has 1 aromatic heterocycles. The van der Waals surface area contributed by atoms with E-state index in [0.29, 0.717) is 39.8 Å². The second-order valence-electron chi connectivity index (χ2n) is 6.09. The van der Waals surface area contributed by atoms with Crippen molar-refractivity contribution in [3.8, 4) is 5.69 Å². The maximum Gasteiger partial charge on any atom is 0.319 e. The number of benzene rings is 2. The monoisotopic (exact) mass is 386 g/mol. The minimum atomic E-state index is -0.366. The van der Waals surface area contributed by atoms with Crippen LogP contribution in [0.5, 0.6) is 0 Å². The molecule has 0 bridgehead atoms. The lowest BCUT2D eigenvalue weighted by Gasteiger charge is -2.15. The summed E-state index contributed by atoms with van der Waals surface area (Å²) >= 11 is 7.32. The molecular weight excluding hydrogens is 372 g/mol. The van der Waals surface area contributed by atoms with Crippen molar-refractivity contribution in [2.45, 2.75) is 23.8 Å². The molecule has 0 saturated carbocycles. The molecule has 0 N–H and O–H groups in total. The molecule has 1 aliphatic heterocycles. The number of halogens is 1. The van der Waals surface area contributed by atoms with Gasteiger partial charge in [-0.25, -0.2) is 4.98 Å². The van der Waals surface area contributed by atoms with Gasteiger partial charge in [-0.05, 0) is 37.3 Å². The SMILES string of the molecule is Cc1ccc(-n2c(SC3CCOC3=O)nc3cc(Cl)ccc3c2=O)cc1. The standard InChI is InChI=1S/C19H15ClN2O3S/c1-11-2-5-13(6-3-11)22-17(23)14-7-4-12(20)10-15(14)21-19(22)26-16-8-9-25-18(16)24/h2-7,10,16H,8-9H2,1H3. The van der Waals surface area contributed by atoms with Gasteiger partial charge < -0.3 is 4.74 Å². The van der Waals surface area contributed by atoms with Crippen molar-refractivity contribution >= 4 is 40.2 Å². The van der Waals surface area contributed by atoms with Crippen LogP contribution in [0.25, 0.3) is 16.6 Å². The molecule has 1 unspecified atom stereocenters. The Bertz CT molecular complexity index is 1060. The van der Waals surface area contributed by atoms with Gasteiger partial charge in [0.1, 0.15) is 5.25 Å². The van der Waals surface area contributed by atoms with E-state index in [2.05, 4.69) is 4.98 Å². The number of cyclic esters (lactones) is 1. The van der Waals surface area contributed by atoms with Gasteiger partial charge in [-0.15, -0.1) is 0 Å². The Hall–Kier alpha value is -2.31. The fourth-order valence-electron chi connectivity index (χ4n) is 2.85. The average molecular weight is 387 g/mol. The highest BCUT2D eigenvalue weighted by atomic mass is 35.5. The number of carbonyl (C=O) groups excluding carboxylic acids is 1. The summed E-state index contributed by atoms with van der Waals surface area (Å²) in [6.45, 7) is 2.38. The molecule has 1 saturated heterocycles. The number of ether oxygens (including phenoxy) is 1. The summed E-state index contributed by atoms with van der Waals surface area (Å²) < 4.78 is 6.59. The summed E-state index contributed by atoms with van der Waals surface area (Å²) in [6, 6.07) is 12.6. The number of aromatic nitrogens is 2. The lowest BCUT2D eigenvalue weighted by atomic mass is 10.2. The molecule has 2 heterocycles. The van der Waals surface area contributed by atoms with E-state index in [1.807, 2.05) is 31.2 Å². The Balaban J connectivity index is 1.93. The molecule has 0 radical (unpaired) electrons. The lowest BCUT2D eigenvalue weighted by molar-refractivity contribution is -0.137. The molecule has 3 aromatic rings. The van der Waals surface area contributed by atoms with Crippen molar-refractivity contribution in [2.75, 3.05) is 6.61 Å². The molecule has 0 amide bonds. The van der Waals surface area contributed by atoms with Crippen LogP contribution < -0.4 is 5.56 Å². The topological polar surface area (TPSA) is 61.2 Å². The third-order valence-corrected chi connectivity index (χ3v) is 5.66. The van der Waals surface area contributed by atoms with Crippen LogP contribution in [-0.2, 0) is 9.53 Å². The fraction of sp³-hybridized carbons (Fsp3) is 0.211. The molecule has 2 aromatic carbocycles. The highest BCUT2D eigenvalue weighted by Crippen LogP contribution is 2.30. The number of hydrogen-bond donors (Lipinski definition) is 0. The molecule has 26 heavy (non-hydrogen) atoms. The van der Waals surface area contributed by atoms with Crippen LogP contribution >= 0.6 is 23.4 Å². The van der Waals surface area contributed by atoms with E-state index in [0.717, 1.165) is 5.56 Å². The number of hydrogen-bond acceptors (Lipinski definition) is 5. The van der Waals surface area contributed by atoms with Gasteiger partial charge in [0.15, 0.2) is 5.16 Å². The summed E-state index contributed by atoms with van der Waals surface area (Å²) in [5, 5.41) is 1.08. The average Bonchev–Trinajstić information content (AvgIpc) is 3.01. The van der Waals surface area contributed by atoms with Gasteiger partial charge in [0.2, 0.25) is 0 Å². The molecule has 0 aliphatic carbocycles. The fourth-order valence-corrected chi connectivity index (χ4v) is 4.09. The number of esters is 1. The first kappa shape index (κ1) is 17.1. The zero-order valence-corrected chi connectivity index (χ0v) is 15.5. The Morgan fingerprint density at radius 2 is 1.96 bits per heavy atom. The normalized spacial score (nSPS) is 16.8. The maximum absolute atomic E-state index is 13.2. The molecule has 132 valence electrons. The van der Waals surface area contributed by atoms with Crippen LogP contribution in [0, 0.1) is 6.92 Å². The summed E-state index contributed by atoms with van der Waals surface area (Å²) in [6.07, 6.45) is 0.598. The first-order chi connectivity index (χ1) is 12.5. The number of aryl methyl sites for hydroxylation is 1. The van der Waals surface area contributed by atoms with Crippen LogP contribution in [-0.4, -0.2) is 27.4 Å². The summed E-state index contributed by atoms with van der Waals surface area (Å²) in [4.78, 5) is 29.7. The van der Waals surface area contributed by atoms with E-state index in [1.165, 1.54) is 11.8 Å². The van der Waals surface area contributed by atoms with Crippen LogP contribution in [0.2, 0.25) is 5.02 Å². The smallest absolute Gasteiger partial charge is 0.319 e. The van der Waals surface area contributed by atoms with E-state index in [1.54, 1.807) is 22.8 Å². The predicted octanol–water partition coefficient (Wildman–Crippen LogP) is 3.76. The molecule has 0 spiro atoms. The van der Waals surface area contributed by atoms with Crippen molar-refractivity contribution in [1.29, 1.82) is 0 Å². The number of rotatable bonds is 3. The van der Waals surface area contributed by atoms with Gasteiger partial charge in [-0.1, -0.05) is 41.1 Å². The first-order valence-corrected chi connectivity index (χ1v) is 9.41. The quantitative estimate of drug-likeness (QED) is 0.506. The number of carbonyl (C=O) groups is 1. The third-order valence-electron chi connectivity index (χ3n) is 4.23. The zero-order valence-electron chi connectivity index (χ0n) is 13.9. The number of nitrogens with zero attached hydrogens (tertiary/aromatic N) is 2. The van der Waals surface area contributed by atoms with Gasteiger partial charge in [0.05, 0.1) is 23.2 Å². The van der Waals surface area contributed by atoms with Gasteiger partial charge in [-0.3, -0.25) is 14.2 Å². The van der Waals surface area contributed by atoms with Gasteiger partial charge in [0, 0.05) is 11.4 Å². The van der Waals surface area contributed by atoms with Crippen molar-refractivity contribution in [3.63, 3.8) is 0 Å². The zero-order chi connectivity index (χ0) is 18.3. The third kappa shape index (κ3) is 3.10. The molecule has 1 atom stereocenters. The van der Waals surface area contributed by atoms with E-state index < -0.39 is 0 Å². The Labute approximate surface area is 159 Å². The van der Waals surface area contributed by atoms with Crippen LogP contribution in [0.1, 0.15) is 12.0 Å². The van der Waals surface area contributed by atoms with Crippen molar-refractivity contribution < 1.29 is 9.53 Å². The van der Waals surface area contributed by atoms with E-state index in [9.17, 15) is 9.59 Å². The maximum atomic E-state index is 13.2. The molecule has 4 rings (SSSR count). The Morgan fingerprint density at radius 1 is 1.19 bits per heavy atom. The highest BCUT2D eigenvalue weighted by molar-refractivity contribution is 8.00. The first-order valence-electron chi connectivity index (χ1n) is 8.15. The minimum absolute atomic E-state index is 0.190. The Morgan fingerprint density at radius 3 is 2.65 bits per heavy atom. The molecule has 7 heteroatoms. The van der Waals surface area contributed by atoms with Crippen LogP contribution in [0.15, 0.2) is 52.4 Å². The van der Waals surface area contributed by atoms with E-state index in [-0.39, 0.29) is 16.8 Å². The van der Waals surface area contributed by atoms with Gasteiger partial charge >= 0.3 is 5.97 Å². The Kier molecular flexibility index (Phi) is 4.46.